The molecule has 0 N–H and O–H groups in total. The minimum atomic E-state index is -0.233. The van der Waals surface area contributed by atoms with Crippen molar-refractivity contribution in [2.24, 2.45) is 0 Å². The molecule has 2 fully saturated rings. The predicted octanol–water partition coefficient (Wildman–Crippen LogP) is 3.19. The van der Waals surface area contributed by atoms with Gasteiger partial charge in [-0.1, -0.05) is 0 Å². The van der Waals surface area contributed by atoms with E-state index in [2.05, 4.69) is 9.80 Å². The molecule has 3 rings (SSSR count). The van der Waals surface area contributed by atoms with Crippen molar-refractivity contribution < 1.29 is 4.92 Å². The SMILES string of the molecule is O=[N+]([O-])c1cc(N2CCCC2)ccc1N1CCCCC1. The maximum Gasteiger partial charge on any atom is 0.294 e. The van der Waals surface area contributed by atoms with Crippen LogP contribution in [0.5, 0.6) is 0 Å². The summed E-state index contributed by atoms with van der Waals surface area (Å²) in [6.45, 7) is 3.90. The molecule has 2 aliphatic rings. The van der Waals surface area contributed by atoms with E-state index in [1.807, 2.05) is 12.1 Å². The van der Waals surface area contributed by atoms with E-state index >= 15 is 0 Å². The lowest BCUT2D eigenvalue weighted by Crippen LogP contribution is -2.30. The largest absolute Gasteiger partial charge is 0.371 e. The summed E-state index contributed by atoms with van der Waals surface area (Å²) in [7, 11) is 0. The van der Waals surface area contributed by atoms with Crippen LogP contribution < -0.4 is 9.80 Å². The molecule has 5 heteroatoms. The van der Waals surface area contributed by atoms with Gasteiger partial charge in [-0.3, -0.25) is 10.1 Å². The first-order chi connectivity index (χ1) is 9.75. The standard InChI is InChI=1S/C15H21N3O2/c19-18(20)15-12-13(16-8-4-5-9-16)6-7-14(15)17-10-2-1-3-11-17/h6-7,12H,1-5,8-11H2. The number of anilines is 2. The van der Waals surface area contributed by atoms with Crippen LogP contribution in [0, 0.1) is 10.1 Å². The molecule has 0 spiro atoms. The maximum atomic E-state index is 11.4. The zero-order valence-corrected chi connectivity index (χ0v) is 11.8. The van der Waals surface area contributed by atoms with Crippen molar-refractivity contribution in [3.63, 3.8) is 0 Å². The van der Waals surface area contributed by atoms with Gasteiger partial charge in [0.2, 0.25) is 0 Å². The number of rotatable bonds is 3. The molecular weight excluding hydrogens is 254 g/mol. The molecule has 108 valence electrons. The molecule has 0 amide bonds. The van der Waals surface area contributed by atoms with Crippen molar-refractivity contribution in [3.8, 4) is 0 Å². The third-order valence-electron chi connectivity index (χ3n) is 4.32. The minimum absolute atomic E-state index is 0.233. The second kappa shape index (κ2) is 5.69. The normalized spacial score (nSPS) is 19.4. The number of nitrogens with zero attached hydrogens (tertiary/aromatic N) is 3. The highest BCUT2D eigenvalue weighted by Gasteiger charge is 2.23. The molecular formula is C15H21N3O2. The zero-order chi connectivity index (χ0) is 13.9. The second-order valence-electron chi connectivity index (χ2n) is 5.67. The van der Waals surface area contributed by atoms with Gasteiger partial charge in [-0.25, -0.2) is 0 Å². The van der Waals surface area contributed by atoms with Gasteiger partial charge in [0, 0.05) is 37.9 Å². The zero-order valence-electron chi connectivity index (χ0n) is 11.8. The van der Waals surface area contributed by atoms with Crippen LogP contribution in [0.4, 0.5) is 17.1 Å². The average Bonchev–Trinajstić information content (AvgIpc) is 3.02. The molecule has 20 heavy (non-hydrogen) atoms. The van der Waals surface area contributed by atoms with Gasteiger partial charge in [-0.15, -0.1) is 0 Å². The molecule has 0 bridgehead atoms. The molecule has 0 atom stereocenters. The molecule has 2 aliphatic heterocycles. The van der Waals surface area contributed by atoms with Gasteiger partial charge in [0.1, 0.15) is 5.69 Å². The number of nitro benzene ring substituents is 1. The summed E-state index contributed by atoms with van der Waals surface area (Å²) in [4.78, 5) is 15.6. The Hall–Kier alpha value is -1.78. The fourth-order valence-corrected chi connectivity index (χ4v) is 3.23. The highest BCUT2D eigenvalue weighted by molar-refractivity contribution is 5.70. The molecule has 0 saturated carbocycles. The van der Waals surface area contributed by atoms with Gasteiger partial charge in [0.25, 0.3) is 5.69 Å². The Kier molecular flexibility index (Phi) is 3.76. The van der Waals surface area contributed by atoms with Crippen molar-refractivity contribution in [2.75, 3.05) is 36.0 Å². The van der Waals surface area contributed by atoms with E-state index in [0.29, 0.717) is 0 Å². The third kappa shape index (κ3) is 2.57. The number of piperidine rings is 1. The lowest BCUT2D eigenvalue weighted by molar-refractivity contribution is -0.384. The van der Waals surface area contributed by atoms with Crippen molar-refractivity contribution in [1.29, 1.82) is 0 Å². The van der Waals surface area contributed by atoms with Gasteiger partial charge in [-0.05, 0) is 44.2 Å². The van der Waals surface area contributed by atoms with E-state index in [9.17, 15) is 10.1 Å². The number of hydrogen-bond acceptors (Lipinski definition) is 4. The second-order valence-corrected chi connectivity index (χ2v) is 5.67. The fourth-order valence-electron chi connectivity index (χ4n) is 3.23. The number of nitro groups is 1. The summed E-state index contributed by atoms with van der Waals surface area (Å²) in [5.41, 5.74) is 2.05. The van der Waals surface area contributed by atoms with Crippen LogP contribution in [-0.4, -0.2) is 31.1 Å². The third-order valence-corrected chi connectivity index (χ3v) is 4.32. The Morgan fingerprint density at radius 3 is 2.15 bits per heavy atom. The highest BCUT2D eigenvalue weighted by Crippen LogP contribution is 2.34. The molecule has 1 aromatic carbocycles. The number of hydrogen-bond donors (Lipinski definition) is 0. The Bertz CT molecular complexity index is 492. The van der Waals surface area contributed by atoms with E-state index in [0.717, 1.165) is 50.4 Å². The van der Waals surface area contributed by atoms with Crippen molar-refractivity contribution in [2.45, 2.75) is 32.1 Å². The molecule has 0 unspecified atom stereocenters. The Morgan fingerprint density at radius 2 is 1.50 bits per heavy atom. The minimum Gasteiger partial charge on any atom is -0.371 e. The lowest BCUT2D eigenvalue weighted by Gasteiger charge is -2.29. The first-order valence-electron chi connectivity index (χ1n) is 7.54. The molecule has 0 aliphatic carbocycles. The van der Waals surface area contributed by atoms with Gasteiger partial charge in [0.05, 0.1) is 4.92 Å². The van der Waals surface area contributed by atoms with Crippen molar-refractivity contribution in [3.05, 3.63) is 28.3 Å². The quantitative estimate of drug-likeness (QED) is 0.628. The predicted molar refractivity (Wildman–Crippen MR) is 80.6 cm³/mol. The van der Waals surface area contributed by atoms with Gasteiger partial charge in [0.15, 0.2) is 0 Å². The molecule has 0 aromatic heterocycles. The maximum absolute atomic E-state index is 11.4. The summed E-state index contributed by atoms with van der Waals surface area (Å²) in [5.74, 6) is 0. The summed E-state index contributed by atoms with van der Waals surface area (Å²) in [5, 5.41) is 11.4. The van der Waals surface area contributed by atoms with Gasteiger partial charge >= 0.3 is 0 Å². The van der Waals surface area contributed by atoms with Crippen LogP contribution in [0.15, 0.2) is 18.2 Å². The van der Waals surface area contributed by atoms with Crippen molar-refractivity contribution in [1.82, 2.24) is 0 Å². The van der Waals surface area contributed by atoms with Crippen molar-refractivity contribution >= 4 is 17.1 Å². The summed E-state index contributed by atoms with van der Waals surface area (Å²) >= 11 is 0. The Balaban J connectivity index is 1.91. The van der Waals surface area contributed by atoms with Crippen LogP contribution in [0.1, 0.15) is 32.1 Å². The monoisotopic (exact) mass is 275 g/mol. The van der Waals surface area contributed by atoms with E-state index in [1.165, 1.54) is 19.3 Å². The summed E-state index contributed by atoms with van der Waals surface area (Å²) in [6.07, 6.45) is 5.86. The first-order valence-corrected chi connectivity index (χ1v) is 7.54. The van der Waals surface area contributed by atoms with Crippen LogP contribution >= 0.6 is 0 Å². The van der Waals surface area contributed by atoms with Crippen LogP contribution in [0.3, 0.4) is 0 Å². The Labute approximate surface area is 119 Å². The smallest absolute Gasteiger partial charge is 0.294 e. The summed E-state index contributed by atoms with van der Waals surface area (Å²) in [6, 6.07) is 5.74. The van der Waals surface area contributed by atoms with E-state index < -0.39 is 0 Å². The molecule has 1 aromatic rings. The van der Waals surface area contributed by atoms with Crippen LogP contribution in [0.2, 0.25) is 0 Å². The topological polar surface area (TPSA) is 49.6 Å². The van der Waals surface area contributed by atoms with Gasteiger partial charge in [-0.2, -0.15) is 0 Å². The fraction of sp³-hybridized carbons (Fsp3) is 0.600. The average molecular weight is 275 g/mol. The molecule has 2 saturated heterocycles. The van der Waals surface area contributed by atoms with E-state index in [-0.39, 0.29) is 10.6 Å². The van der Waals surface area contributed by atoms with Crippen LogP contribution in [0.25, 0.3) is 0 Å². The molecule has 0 radical (unpaired) electrons. The molecule has 5 nitrogen and oxygen atoms in total. The van der Waals surface area contributed by atoms with Gasteiger partial charge < -0.3 is 9.80 Å². The summed E-state index contributed by atoms with van der Waals surface area (Å²) < 4.78 is 0. The van der Waals surface area contributed by atoms with E-state index in [1.54, 1.807) is 6.07 Å². The first kappa shape index (κ1) is 13.2. The Morgan fingerprint density at radius 1 is 0.900 bits per heavy atom. The van der Waals surface area contributed by atoms with Crippen LogP contribution in [-0.2, 0) is 0 Å². The highest BCUT2D eigenvalue weighted by atomic mass is 16.6. The molecule has 2 heterocycles. The lowest BCUT2D eigenvalue weighted by atomic mass is 10.1. The van der Waals surface area contributed by atoms with E-state index in [4.69, 9.17) is 0 Å². The number of benzene rings is 1.